The first-order valence-electron chi connectivity index (χ1n) is 5.44. The zero-order chi connectivity index (χ0) is 13.0. The summed E-state index contributed by atoms with van der Waals surface area (Å²) in [6.45, 7) is 1.80. The number of pyridine rings is 1. The number of nitrogens with one attached hydrogen (secondary N) is 1. The second kappa shape index (κ2) is 5.52. The average molecular weight is 259 g/mol. The molecule has 0 fully saturated rings. The Hall–Kier alpha value is -2.05. The van der Waals surface area contributed by atoms with E-state index in [0.717, 1.165) is 16.5 Å². The van der Waals surface area contributed by atoms with Crippen LogP contribution in [0.3, 0.4) is 0 Å². The summed E-state index contributed by atoms with van der Waals surface area (Å²) in [5, 5.41) is 4.15. The monoisotopic (exact) mass is 258 g/mol. The number of carbonyl (C=O) groups excluding carboxylic acids is 1. The lowest BCUT2D eigenvalue weighted by atomic mass is 10.1. The topological polar surface area (TPSA) is 42.0 Å². The molecule has 18 heavy (non-hydrogen) atoms. The summed E-state index contributed by atoms with van der Waals surface area (Å²) >= 11 is 6.09. The third kappa shape index (κ3) is 2.99. The van der Waals surface area contributed by atoms with Gasteiger partial charge in [0.05, 0.1) is 17.1 Å². The van der Waals surface area contributed by atoms with Crippen LogP contribution in [0.2, 0.25) is 5.02 Å². The lowest BCUT2D eigenvalue weighted by molar-refractivity contribution is -0.118. The summed E-state index contributed by atoms with van der Waals surface area (Å²) in [6, 6.07) is 7.40. The van der Waals surface area contributed by atoms with Crippen LogP contribution in [0.5, 0.6) is 0 Å². The van der Waals surface area contributed by atoms with E-state index in [2.05, 4.69) is 22.1 Å². The molecule has 0 bridgehead atoms. The molecule has 0 unspecified atom stereocenters. The first-order chi connectivity index (χ1) is 8.66. The highest BCUT2D eigenvalue weighted by Crippen LogP contribution is 2.21. The molecule has 1 heterocycles. The van der Waals surface area contributed by atoms with E-state index < -0.39 is 0 Å². The summed E-state index contributed by atoms with van der Waals surface area (Å²) in [7, 11) is 0. The van der Waals surface area contributed by atoms with Crippen LogP contribution < -0.4 is 5.32 Å². The normalized spacial score (nSPS) is 9.67. The Morgan fingerprint density at radius 2 is 2.28 bits per heavy atom. The Bertz CT molecular complexity index is 656. The maximum Gasteiger partial charge on any atom is 0.217 e. The number of hydrogen-bond acceptors (Lipinski definition) is 2. The van der Waals surface area contributed by atoms with E-state index >= 15 is 0 Å². The highest BCUT2D eigenvalue weighted by atomic mass is 35.5. The second-order valence-electron chi connectivity index (χ2n) is 3.74. The second-order valence-corrected chi connectivity index (χ2v) is 4.14. The molecule has 0 atom stereocenters. The minimum Gasteiger partial charge on any atom is -0.345 e. The van der Waals surface area contributed by atoms with E-state index in [4.69, 9.17) is 11.6 Å². The van der Waals surface area contributed by atoms with Gasteiger partial charge in [-0.2, -0.15) is 0 Å². The smallest absolute Gasteiger partial charge is 0.217 e. The van der Waals surface area contributed by atoms with Crippen molar-refractivity contribution in [3.63, 3.8) is 0 Å². The molecular weight excluding hydrogens is 248 g/mol. The fourth-order valence-electron chi connectivity index (χ4n) is 1.51. The van der Waals surface area contributed by atoms with Crippen molar-refractivity contribution in [1.82, 2.24) is 10.3 Å². The predicted molar refractivity (Wildman–Crippen MR) is 72.3 cm³/mol. The van der Waals surface area contributed by atoms with Crippen molar-refractivity contribution in [3.8, 4) is 11.8 Å². The molecule has 0 spiro atoms. The van der Waals surface area contributed by atoms with Gasteiger partial charge in [-0.3, -0.25) is 9.78 Å². The van der Waals surface area contributed by atoms with Gasteiger partial charge in [-0.1, -0.05) is 23.4 Å². The lowest BCUT2D eigenvalue weighted by Gasteiger charge is -1.99. The Balaban J connectivity index is 2.24. The van der Waals surface area contributed by atoms with Gasteiger partial charge in [-0.05, 0) is 24.3 Å². The number of rotatable bonds is 1. The SMILES string of the molecule is CC(=O)NCC#Cc1ccc2nccc(Cl)c2c1. The fraction of sp³-hybridized carbons (Fsp3) is 0.143. The van der Waals surface area contributed by atoms with Crippen molar-refractivity contribution in [3.05, 3.63) is 41.0 Å². The molecule has 1 aromatic heterocycles. The van der Waals surface area contributed by atoms with Crippen LogP contribution >= 0.6 is 11.6 Å². The van der Waals surface area contributed by atoms with Crippen LogP contribution in [-0.2, 0) is 4.79 Å². The number of halogens is 1. The van der Waals surface area contributed by atoms with Crippen LogP contribution in [0, 0.1) is 11.8 Å². The molecule has 0 aliphatic carbocycles. The van der Waals surface area contributed by atoms with E-state index in [1.165, 1.54) is 6.92 Å². The number of nitrogens with zero attached hydrogens (tertiary/aromatic N) is 1. The third-order valence-electron chi connectivity index (χ3n) is 2.35. The minimum atomic E-state index is -0.0879. The Labute approximate surface area is 110 Å². The summed E-state index contributed by atoms with van der Waals surface area (Å²) in [4.78, 5) is 14.9. The third-order valence-corrected chi connectivity index (χ3v) is 2.68. The zero-order valence-electron chi connectivity index (χ0n) is 9.83. The molecule has 0 saturated carbocycles. The van der Waals surface area contributed by atoms with Crippen LogP contribution in [0.25, 0.3) is 10.9 Å². The van der Waals surface area contributed by atoms with Crippen LogP contribution in [-0.4, -0.2) is 17.4 Å². The van der Waals surface area contributed by atoms with Gasteiger partial charge in [0.15, 0.2) is 0 Å². The van der Waals surface area contributed by atoms with Gasteiger partial charge < -0.3 is 5.32 Å². The highest BCUT2D eigenvalue weighted by Gasteiger charge is 1.99. The first kappa shape index (κ1) is 12.4. The summed E-state index contributed by atoms with van der Waals surface area (Å²) in [5.41, 5.74) is 1.69. The van der Waals surface area contributed by atoms with E-state index in [-0.39, 0.29) is 5.91 Å². The molecule has 0 aliphatic rings. The quantitative estimate of drug-likeness (QED) is 0.798. The molecule has 0 radical (unpaired) electrons. The van der Waals surface area contributed by atoms with Gasteiger partial charge in [0.1, 0.15) is 0 Å². The van der Waals surface area contributed by atoms with Crippen LogP contribution in [0.4, 0.5) is 0 Å². The summed E-state index contributed by atoms with van der Waals surface area (Å²) in [6.07, 6.45) is 1.67. The molecule has 1 aromatic carbocycles. The van der Waals surface area contributed by atoms with Crippen LogP contribution in [0.15, 0.2) is 30.5 Å². The molecule has 90 valence electrons. The molecule has 3 nitrogen and oxygen atoms in total. The van der Waals surface area contributed by atoms with E-state index in [0.29, 0.717) is 11.6 Å². The molecular formula is C14H11ClN2O. The van der Waals surface area contributed by atoms with Crippen molar-refractivity contribution in [2.45, 2.75) is 6.92 Å². The molecule has 1 amide bonds. The minimum absolute atomic E-state index is 0.0879. The number of fused-ring (bicyclic) bond motifs is 1. The summed E-state index contributed by atoms with van der Waals surface area (Å²) < 4.78 is 0. The van der Waals surface area contributed by atoms with Gasteiger partial charge in [-0.15, -0.1) is 0 Å². The Kier molecular flexibility index (Phi) is 3.81. The number of carbonyl (C=O) groups is 1. The van der Waals surface area contributed by atoms with Gasteiger partial charge in [0.2, 0.25) is 5.91 Å². The average Bonchev–Trinajstić information content (AvgIpc) is 2.35. The number of amides is 1. The zero-order valence-corrected chi connectivity index (χ0v) is 10.6. The van der Waals surface area contributed by atoms with Crippen molar-refractivity contribution >= 4 is 28.4 Å². The van der Waals surface area contributed by atoms with Gasteiger partial charge in [0, 0.05) is 24.1 Å². The van der Waals surface area contributed by atoms with Crippen molar-refractivity contribution < 1.29 is 4.79 Å². The molecule has 2 rings (SSSR count). The maximum atomic E-state index is 10.7. The van der Waals surface area contributed by atoms with E-state index in [1.807, 2.05) is 18.2 Å². The van der Waals surface area contributed by atoms with Gasteiger partial charge >= 0.3 is 0 Å². The number of benzene rings is 1. The van der Waals surface area contributed by atoms with E-state index in [1.54, 1.807) is 12.3 Å². The van der Waals surface area contributed by atoms with Crippen molar-refractivity contribution in [2.24, 2.45) is 0 Å². The lowest BCUT2D eigenvalue weighted by Crippen LogP contribution is -2.19. The predicted octanol–water partition coefficient (Wildman–Crippen LogP) is 2.38. The Morgan fingerprint density at radius 1 is 1.44 bits per heavy atom. The molecule has 1 N–H and O–H groups in total. The van der Waals surface area contributed by atoms with Crippen molar-refractivity contribution in [1.29, 1.82) is 0 Å². The largest absolute Gasteiger partial charge is 0.345 e. The van der Waals surface area contributed by atoms with Crippen LogP contribution in [0.1, 0.15) is 12.5 Å². The molecule has 4 heteroatoms. The molecule has 0 saturated heterocycles. The first-order valence-corrected chi connectivity index (χ1v) is 5.82. The Morgan fingerprint density at radius 3 is 3.06 bits per heavy atom. The maximum absolute atomic E-state index is 10.7. The van der Waals surface area contributed by atoms with E-state index in [9.17, 15) is 4.79 Å². The number of aromatic nitrogens is 1. The van der Waals surface area contributed by atoms with Gasteiger partial charge in [-0.25, -0.2) is 0 Å². The molecule has 2 aromatic rings. The fourth-order valence-corrected chi connectivity index (χ4v) is 1.71. The highest BCUT2D eigenvalue weighted by molar-refractivity contribution is 6.35. The molecule has 0 aliphatic heterocycles. The summed E-state index contributed by atoms with van der Waals surface area (Å²) in [5.74, 6) is 5.75. The standard InChI is InChI=1S/C14H11ClN2O/c1-10(18)16-7-2-3-11-4-5-14-12(9-11)13(15)6-8-17-14/h4-6,8-9H,7H2,1H3,(H,16,18). The number of hydrogen-bond donors (Lipinski definition) is 1. The van der Waals surface area contributed by atoms with Gasteiger partial charge in [0.25, 0.3) is 0 Å². The van der Waals surface area contributed by atoms with Crippen molar-refractivity contribution in [2.75, 3.05) is 6.54 Å².